The SMILES string of the molecule is CC(=CC(C)N)C(=O)O.CCl. The molecule has 0 fully saturated rings. The molecule has 0 aromatic carbocycles. The van der Waals surface area contributed by atoms with Gasteiger partial charge in [0.1, 0.15) is 0 Å². The van der Waals surface area contributed by atoms with Crippen molar-refractivity contribution in [1.82, 2.24) is 0 Å². The van der Waals surface area contributed by atoms with Crippen molar-refractivity contribution in [1.29, 1.82) is 0 Å². The van der Waals surface area contributed by atoms with Crippen LogP contribution in [0.1, 0.15) is 13.8 Å². The van der Waals surface area contributed by atoms with E-state index in [2.05, 4.69) is 11.6 Å². The van der Waals surface area contributed by atoms with Gasteiger partial charge in [0.25, 0.3) is 0 Å². The predicted molar refractivity (Wildman–Crippen MR) is 46.8 cm³/mol. The second-order valence-corrected chi connectivity index (χ2v) is 2.01. The van der Waals surface area contributed by atoms with Crippen LogP contribution in [0, 0.1) is 0 Å². The lowest BCUT2D eigenvalue weighted by atomic mass is 10.2. The minimum Gasteiger partial charge on any atom is -0.478 e. The average molecular weight is 180 g/mol. The number of alkyl halides is 1. The summed E-state index contributed by atoms with van der Waals surface area (Å²) in [4.78, 5) is 10.1. The number of hydrogen-bond donors (Lipinski definition) is 2. The highest BCUT2D eigenvalue weighted by Gasteiger charge is 1.98. The van der Waals surface area contributed by atoms with Crippen LogP contribution in [0.3, 0.4) is 0 Å². The topological polar surface area (TPSA) is 63.3 Å². The normalized spacial score (nSPS) is 13.0. The molecule has 3 nitrogen and oxygen atoms in total. The van der Waals surface area contributed by atoms with Crippen molar-refractivity contribution in [3.8, 4) is 0 Å². The molecule has 0 aromatic rings. The van der Waals surface area contributed by atoms with E-state index < -0.39 is 5.97 Å². The van der Waals surface area contributed by atoms with Crippen LogP contribution in [0.4, 0.5) is 0 Å². The van der Waals surface area contributed by atoms with Gasteiger partial charge < -0.3 is 10.8 Å². The maximum atomic E-state index is 10.1. The lowest BCUT2D eigenvalue weighted by molar-refractivity contribution is -0.132. The highest BCUT2D eigenvalue weighted by molar-refractivity contribution is 6.15. The molecule has 0 aliphatic heterocycles. The summed E-state index contributed by atoms with van der Waals surface area (Å²) in [7, 11) is 0. The minimum absolute atomic E-state index is 0.180. The van der Waals surface area contributed by atoms with E-state index in [4.69, 9.17) is 10.8 Å². The number of halogens is 1. The fourth-order valence-corrected chi connectivity index (χ4v) is 0.466. The van der Waals surface area contributed by atoms with Gasteiger partial charge in [0.05, 0.1) is 0 Å². The Labute approximate surface area is 71.8 Å². The summed E-state index contributed by atoms with van der Waals surface area (Å²) in [5, 5.41) is 8.31. The third-order valence-corrected chi connectivity index (χ3v) is 0.850. The second-order valence-electron chi connectivity index (χ2n) is 2.01. The van der Waals surface area contributed by atoms with Crippen LogP contribution in [0.25, 0.3) is 0 Å². The molecule has 0 amide bonds. The van der Waals surface area contributed by atoms with Crippen molar-refractivity contribution in [2.45, 2.75) is 19.9 Å². The number of carbonyl (C=O) groups is 1. The van der Waals surface area contributed by atoms with Gasteiger partial charge in [-0.15, -0.1) is 11.6 Å². The van der Waals surface area contributed by atoms with Crippen molar-refractivity contribution in [2.75, 3.05) is 6.38 Å². The van der Waals surface area contributed by atoms with Crippen molar-refractivity contribution in [3.63, 3.8) is 0 Å². The van der Waals surface area contributed by atoms with E-state index in [0.29, 0.717) is 5.57 Å². The van der Waals surface area contributed by atoms with E-state index in [9.17, 15) is 4.79 Å². The third-order valence-electron chi connectivity index (χ3n) is 0.850. The standard InChI is InChI=1S/C6H11NO2.CH3Cl/c1-4(6(8)9)3-5(2)7;1-2/h3,5H,7H2,1-2H3,(H,8,9);1H3. The van der Waals surface area contributed by atoms with Crippen LogP contribution < -0.4 is 5.73 Å². The monoisotopic (exact) mass is 179 g/mol. The lowest BCUT2D eigenvalue weighted by Crippen LogP contribution is -2.13. The van der Waals surface area contributed by atoms with Crippen molar-refractivity contribution in [3.05, 3.63) is 11.6 Å². The summed E-state index contributed by atoms with van der Waals surface area (Å²) in [5.41, 5.74) is 5.59. The molecule has 66 valence electrons. The molecular weight excluding hydrogens is 166 g/mol. The largest absolute Gasteiger partial charge is 0.478 e. The summed E-state index contributed by atoms with van der Waals surface area (Å²) >= 11 is 4.64. The maximum Gasteiger partial charge on any atom is 0.331 e. The van der Waals surface area contributed by atoms with Crippen LogP contribution in [0.2, 0.25) is 0 Å². The zero-order valence-electron chi connectivity index (χ0n) is 6.97. The van der Waals surface area contributed by atoms with Crippen LogP contribution in [0.15, 0.2) is 11.6 Å². The molecule has 0 spiro atoms. The number of carboxylic acids is 1. The predicted octanol–water partition coefficient (Wildman–Crippen LogP) is 1.22. The van der Waals surface area contributed by atoms with E-state index in [0.717, 1.165) is 0 Å². The molecule has 0 aliphatic rings. The minimum atomic E-state index is -0.910. The lowest BCUT2D eigenvalue weighted by Gasteiger charge is -1.95. The van der Waals surface area contributed by atoms with Crippen molar-refractivity contribution >= 4 is 17.6 Å². The van der Waals surface area contributed by atoms with Gasteiger partial charge in [-0.05, 0) is 13.8 Å². The molecule has 0 aromatic heterocycles. The first-order valence-electron chi connectivity index (χ1n) is 3.09. The fourth-order valence-electron chi connectivity index (χ4n) is 0.466. The number of hydrogen-bond acceptors (Lipinski definition) is 2. The Morgan fingerprint density at radius 3 is 2.09 bits per heavy atom. The fraction of sp³-hybridized carbons (Fsp3) is 0.571. The Morgan fingerprint density at radius 1 is 1.64 bits per heavy atom. The van der Waals surface area contributed by atoms with E-state index >= 15 is 0 Å². The Hall–Kier alpha value is -0.540. The molecule has 11 heavy (non-hydrogen) atoms. The molecule has 0 heterocycles. The van der Waals surface area contributed by atoms with Crippen LogP contribution in [-0.4, -0.2) is 23.5 Å². The number of nitrogens with two attached hydrogens (primary N) is 1. The molecule has 3 N–H and O–H groups in total. The molecule has 0 radical (unpaired) electrons. The Morgan fingerprint density at radius 2 is 2.00 bits per heavy atom. The zero-order chi connectivity index (χ0) is 9.44. The van der Waals surface area contributed by atoms with E-state index in [1.54, 1.807) is 6.92 Å². The van der Waals surface area contributed by atoms with E-state index in [1.807, 2.05) is 0 Å². The van der Waals surface area contributed by atoms with Crippen LogP contribution in [0.5, 0.6) is 0 Å². The zero-order valence-corrected chi connectivity index (χ0v) is 7.72. The van der Waals surface area contributed by atoms with Crippen molar-refractivity contribution in [2.24, 2.45) is 5.73 Å². The summed E-state index contributed by atoms with van der Waals surface area (Å²) in [6.07, 6.45) is 2.97. The summed E-state index contributed by atoms with van der Waals surface area (Å²) in [6, 6.07) is -0.180. The number of rotatable bonds is 2. The van der Waals surface area contributed by atoms with Crippen LogP contribution in [-0.2, 0) is 4.79 Å². The first kappa shape index (κ1) is 13.1. The summed E-state index contributed by atoms with van der Waals surface area (Å²) in [6.45, 7) is 3.25. The van der Waals surface area contributed by atoms with Gasteiger partial charge >= 0.3 is 5.97 Å². The highest BCUT2D eigenvalue weighted by atomic mass is 35.5. The molecule has 0 aliphatic carbocycles. The quantitative estimate of drug-likeness (QED) is 0.495. The van der Waals surface area contributed by atoms with Crippen molar-refractivity contribution < 1.29 is 9.90 Å². The van der Waals surface area contributed by atoms with E-state index in [1.165, 1.54) is 19.4 Å². The average Bonchev–Trinajstić information content (AvgIpc) is 1.90. The first-order chi connectivity index (χ1) is 5.04. The van der Waals surface area contributed by atoms with Gasteiger partial charge in [-0.3, -0.25) is 0 Å². The highest BCUT2D eigenvalue weighted by Crippen LogP contribution is 1.92. The van der Waals surface area contributed by atoms with Gasteiger partial charge in [0.2, 0.25) is 0 Å². The second kappa shape index (κ2) is 7.57. The number of aliphatic carboxylic acids is 1. The number of carboxylic acid groups (broad SMARTS) is 1. The molecular formula is C7H14ClNO2. The Balaban J connectivity index is 0. The third kappa shape index (κ3) is 9.46. The molecule has 0 saturated carbocycles. The molecule has 0 saturated heterocycles. The van der Waals surface area contributed by atoms with Gasteiger partial charge in [-0.2, -0.15) is 0 Å². The molecule has 0 bridgehead atoms. The van der Waals surface area contributed by atoms with Gasteiger partial charge in [-0.25, -0.2) is 4.79 Å². The van der Waals surface area contributed by atoms with Gasteiger partial charge in [0, 0.05) is 18.0 Å². The summed E-state index contributed by atoms with van der Waals surface area (Å²) in [5.74, 6) is -0.910. The Bertz CT molecular complexity index is 143. The molecule has 1 atom stereocenters. The summed E-state index contributed by atoms with van der Waals surface area (Å²) < 4.78 is 0. The van der Waals surface area contributed by atoms with Gasteiger partial charge in [-0.1, -0.05) is 6.08 Å². The first-order valence-corrected chi connectivity index (χ1v) is 3.84. The smallest absolute Gasteiger partial charge is 0.331 e. The van der Waals surface area contributed by atoms with E-state index in [-0.39, 0.29) is 6.04 Å². The molecule has 0 rings (SSSR count). The molecule has 1 unspecified atom stereocenters. The van der Waals surface area contributed by atoms with Crippen LogP contribution >= 0.6 is 11.6 Å². The maximum absolute atomic E-state index is 10.1. The Kier molecular flexibility index (Phi) is 9.00. The van der Waals surface area contributed by atoms with Gasteiger partial charge in [0.15, 0.2) is 0 Å². The molecule has 4 heteroatoms.